The first-order chi connectivity index (χ1) is 14.4. The summed E-state index contributed by atoms with van der Waals surface area (Å²) < 4.78 is 17.8. The predicted molar refractivity (Wildman–Crippen MR) is 118 cm³/mol. The van der Waals surface area contributed by atoms with Crippen molar-refractivity contribution in [2.45, 2.75) is 44.5 Å². The van der Waals surface area contributed by atoms with Crippen molar-refractivity contribution < 1.29 is 29.0 Å². The number of halogens is 1. The monoisotopic (exact) mass is 535 g/mol. The molecule has 2 fully saturated rings. The van der Waals surface area contributed by atoms with Crippen LogP contribution in [0.3, 0.4) is 0 Å². The SMILES string of the molecule is O=C(O)Nc1cc(N2CCC(OCCOC3CCCCO3)CC2)c(I)cc1[N+](=O)[O-]. The van der Waals surface area contributed by atoms with E-state index in [2.05, 4.69) is 10.2 Å². The molecule has 0 bridgehead atoms. The molecule has 1 amide bonds. The lowest BCUT2D eigenvalue weighted by Crippen LogP contribution is -2.38. The summed E-state index contributed by atoms with van der Waals surface area (Å²) in [5.41, 5.74) is 0.496. The molecule has 11 heteroatoms. The van der Waals surface area contributed by atoms with E-state index in [9.17, 15) is 14.9 Å². The molecule has 0 spiro atoms. The first-order valence-corrected chi connectivity index (χ1v) is 11.1. The van der Waals surface area contributed by atoms with Gasteiger partial charge in [-0.15, -0.1) is 0 Å². The number of hydrogen-bond acceptors (Lipinski definition) is 7. The number of piperidine rings is 1. The molecule has 2 heterocycles. The van der Waals surface area contributed by atoms with Crippen LogP contribution in [0.2, 0.25) is 0 Å². The number of rotatable bonds is 8. The first kappa shape index (κ1) is 23.0. The number of hydrogen-bond donors (Lipinski definition) is 2. The Morgan fingerprint density at radius 1 is 1.27 bits per heavy atom. The van der Waals surface area contributed by atoms with Crippen molar-refractivity contribution in [1.82, 2.24) is 0 Å². The number of nitro benzene ring substituents is 1. The van der Waals surface area contributed by atoms with Crippen molar-refractivity contribution in [3.8, 4) is 0 Å². The third kappa shape index (κ3) is 6.40. The fraction of sp³-hybridized carbons (Fsp3) is 0.632. The molecule has 1 atom stereocenters. The quantitative estimate of drug-likeness (QED) is 0.223. The van der Waals surface area contributed by atoms with Gasteiger partial charge in [0.25, 0.3) is 5.69 Å². The maximum atomic E-state index is 11.2. The molecule has 0 radical (unpaired) electrons. The Kier molecular flexibility index (Phi) is 8.48. The number of ether oxygens (including phenoxy) is 3. The Morgan fingerprint density at radius 2 is 2.00 bits per heavy atom. The van der Waals surface area contributed by atoms with Crippen LogP contribution >= 0.6 is 22.6 Å². The third-order valence-electron chi connectivity index (χ3n) is 5.16. The summed E-state index contributed by atoms with van der Waals surface area (Å²) in [7, 11) is 0. The maximum absolute atomic E-state index is 11.2. The number of benzene rings is 1. The molecule has 2 N–H and O–H groups in total. The van der Waals surface area contributed by atoms with Crippen LogP contribution in [0.25, 0.3) is 0 Å². The summed E-state index contributed by atoms with van der Waals surface area (Å²) >= 11 is 2.05. The number of nitrogens with zero attached hydrogens (tertiary/aromatic N) is 2. The zero-order valence-electron chi connectivity index (χ0n) is 16.5. The topological polar surface area (TPSA) is 123 Å². The standard InChI is InChI=1S/C19H26IN3O7/c20-14-11-17(23(26)27)15(21-19(24)25)12-16(14)22-6-4-13(5-7-22)28-9-10-30-18-3-1-2-8-29-18/h11-13,18,21H,1-10H2,(H,24,25). The third-order valence-corrected chi connectivity index (χ3v) is 6.03. The van der Waals surface area contributed by atoms with Crippen LogP contribution in [0.1, 0.15) is 32.1 Å². The lowest BCUT2D eigenvalue weighted by Gasteiger charge is -2.34. The lowest BCUT2D eigenvalue weighted by atomic mass is 10.1. The van der Waals surface area contributed by atoms with Crippen LogP contribution < -0.4 is 10.2 Å². The summed E-state index contributed by atoms with van der Waals surface area (Å²) in [5, 5.41) is 22.3. The van der Waals surface area contributed by atoms with E-state index in [0.29, 0.717) is 16.8 Å². The van der Waals surface area contributed by atoms with Crippen molar-refractivity contribution in [3.63, 3.8) is 0 Å². The van der Waals surface area contributed by atoms with Crippen molar-refractivity contribution in [1.29, 1.82) is 0 Å². The second-order valence-corrected chi connectivity index (χ2v) is 8.39. The summed E-state index contributed by atoms with van der Waals surface area (Å²) in [6, 6.07) is 2.93. The van der Waals surface area contributed by atoms with E-state index in [0.717, 1.165) is 57.5 Å². The van der Waals surface area contributed by atoms with Crippen molar-refractivity contribution >= 4 is 45.7 Å². The van der Waals surface area contributed by atoms with E-state index in [1.54, 1.807) is 0 Å². The van der Waals surface area contributed by atoms with Gasteiger partial charge in [0.15, 0.2) is 6.29 Å². The fourth-order valence-corrected chi connectivity index (χ4v) is 4.45. The molecule has 2 aliphatic rings. The Labute approximate surface area is 188 Å². The normalized spacial score (nSPS) is 20.2. The second kappa shape index (κ2) is 11.1. The summed E-state index contributed by atoms with van der Waals surface area (Å²) in [5.74, 6) is 0. The molecule has 3 rings (SSSR count). The number of amides is 1. The van der Waals surface area contributed by atoms with Gasteiger partial charge in [-0.05, 0) is 60.8 Å². The fourth-order valence-electron chi connectivity index (χ4n) is 3.66. The van der Waals surface area contributed by atoms with Crippen LogP contribution in [-0.2, 0) is 14.2 Å². The average Bonchev–Trinajstić information content (AvgIpc) is 2.73. The van der Waals surface area contributed by atoms with E-state index >= 15 is 0 Å². The molecule has 0 aromatic heterocycles. The van der Waals surface area contributed by atoms with Gasteiger partial charge >= 0.3 is 6.09 Å². The minimum atomic E-state index is -1.33. The molecule has 0 saturated carbocycles. The van der Waals surface area contributed by atoms with Crippen LogP contribution in [0, 0.1) is 13.7 Å². The van der Waals surface area contributed by atoms with Gasteiger partial charge in [0, 0.05) is 29.3 Å². The summed E-state index contributed by atoms with van der Waals surface area (Å²) in [6.07, 6.45) is 3.48. The number of carboxylic acid groups (broad SMARTS) is 1. The number of nitrogens with one attached hydrogen (secondary N) is 1. The van der Waals surface area contributed by atoms with Crippen LogP contribution in [0.5, 0.6) is 0 Å². The predicted octanol–water partition coefficient (Wildman–Crippen LogP) is 3.82. The van der Waals surface area contributed by atoms with Gasteiger partial charge in [0.1, 0.15) is 5.69 Å². The molecule has 2 aliphatic heterocycles. The van der Waals surface area contributed by atoms with Gasteiger partial charge in [-0.2, -0.15) is 0 Å². The van der Waals surface area contributed by atoms with Gasteiger partial charge < -0.3 is 24.2 Å². The highest BCUT2D eigenvalue weighted by Gasteiger charge is 2.25. The Hall–Kier alpha value is -1.70. The Morgan fingerprint density at radius 3 is 2.63 bits per heavy atom. The molecule has 166 valence electrons. The molecule has 2 saturated heterocycles. The van der Waals surface area contributed by atoms with Crippen molar-refractivity contribution in [2.24, 2.45) is 0 Å². The largest absolute Gasteiger partial charge is 0.465 e. The lowest BCUT2D eigenvalue weighted by molar-refractivity contribution is -0.384. The van der Waals surface area contributed by atoms with Gasteiger partial charge in [-0.25, -0.2) is 4.79 Å². The Bertz CT molecular complexity index is 750. The minimum Gasteiger partial charge on any atom is -0.465 e. The highest BCUT2D eigenvalue weighted by Crippen LogP contribution is 2.35. The molecule has 30 heavy (non-hydrogen) atoms. The molecule has 10 nitrogen and oxygen atoms in total. The molecular formula is C19H26IN3O7. The Balaban J connectivity index is 1.50. The van der Waals surface area contributed by atoms with E-state index in [-0.39, 0.29) is 23.8 Å². The van der Waals surface area contributed by atoms with Gasteiger partial charge in [-0.1, -0.05) is 0 Å². The minimum absolute atomic E-state index is 0.0247. The van der Waals surface area contributed by atoms with Crippen LogP contribution in [-0.4, -0.2) is 61.4 Å². The van der Waals surface area contributed by atoms with Gasteiger partial charge in [-0.3, -0.25) is 15.4 Å². The van der Waals surface area contributed by atoms with Gasteiger partial charge in [0.05, 0.1) is 29.9 Å². The first-order valence-electron chi connectivity index (χ1n) is 10.0. The zero-order chi connectivity index (χ0) is 21.5. The van der Waals surface area contributed by atoms with Gasteiger partial charge in [0.2, 0.25) is 0 Å². The number of nitro groups is 1. The van der Waals surface area contributed by atoms with E-state index in [1.165, 1.54) is 12.1 Å². The summed E-state index contributed by atoms with van der Waals surface area (Å²) in [6.45, 7) is 3.23. The van der Waals surface area contributed by atoms with Crippen molar-refractivity contribution in [3.05, 3.63) is 25.8 Å². The maximum Gasteiger partial charge on any atom is 0.409 e. The number of carbonyl (C=O) groups is 1. The molecular weight excluding hydrogens is 509 g/mol. The molecule has 1 aromatic rings. The molecule has 1 aromatic carbocycles. The van der Waals surface area contributed by atoms with E-state index in [1.807, 2.05) is 22.6 Å². The zero-order valence-corrected chi connectivity index (χ0v) is 18.7. The van der Waals surface area contributed by atoms with E-state index < -0.39 is 11.0 Å². The summed E-state index contributed by atoms with van der Waals surface area (Å²) in [4.78, 5) is 23.8. The van der Waals surface area contributed by atoms with Crippen LogP contribution in [0.15, 0.2) is 12.1 Å². The smallest absolute Gasteiger partial charge is 0.409 e. The second-order valence-electron chi connectivity index (χ2n) is 7.23. The number of anilines is 2. The highest BCUT2D eigenvalue weighted by atomic mass is 127. The van der Waals surface area contributed by atoms with Crippen LogP contribution in [0.4, 0.5) is 21.9 Å². The molecule has 1 unspecified atom stereocenters. The van der Waals surface area contributed by atoms with E-state index in [4.69, 9.17) is 19.3 Å². The van der Waals surface area contributed by atoms with Crippen molar-refractivity contribution in [2.75, 3.05) is 43.1 Å². The highest BCUT2D eigenvalue weighted by molar-refractivity contribution is 14.1. The molecule has 0 aliphatic carbocycles. The average molecular weight is 535 g/mol.